The third kappa shape index (κ3) is 4.73. The van der Waals surface area contributed by atoms with E-state index in [-0.39, 0.29) is 5.56 Å². The summed E-state index contributed by atoms with van der Waals surface area (Å²) in [7, 11) is 0. The standard InChI is InChI=1S/C8H4F3N.C4H8O2/c9-8(10,11)7-4-2-1-3-6(7)5-12;1-2-6-4-3-5-1/h1-4H;1-4H2. The Balaban J connectivity index is 0.000000225. The molecule has 98 valence electrons. The van der Waals surface area contributed by atoms with Gasteiger partial charge in [-0.1, -0.05) is 12.1 Å². The molecule has 0 N–H and O–H groups in total. The lowest BCUT2D eigenvalue weighted by molar-refractivity contribution is -0.137. The molecule has 6 heteroatoms. The van der Waals surface area contributed by atoms with E-state index in [4.69, 9.17) is 14.7 Å². The maximum atomic E-state index is 12.1. The largest absolute Gasteiger partial charge is 0.417 e. The highest BCUT2D eigenvalue weighted by molar-refractivity contribution is 5.38. The Morgan fingerprint density at radius 3 is 1.83 bits per heavy atom. The van der Waals surface area contributed by atoms with Crippen LogP contribution in [0.25, 0.3) is 0 Å². The zero-order valence-corrected chi connectivity index (χ0v) is 9.54. The molecule has 0 unspecified atom stereocenters. The van der Waals surface area contributed by atoms with Crippen LogP contribution in [0.15, 0.2) is 24.3 Å². The number of benzene rings is 1. The molecule has 2 rings (SSSR count). The molecule has 1 aromatic carbocycles. The molecule has 0 saturated carbocycles. The van der Waals surface area contributed by atoms with E-state index in [2.05, 4.69) is 0 Å². The molecular formula is C12H12F3NO2. The fraction of sp³-hybridized carbons (Fsp3) is 0.417. The SMILES string of the molecule is C1COCCO1.N#Cc1ccccc1C(F)(F)F. The average Bonchev–Trinajstić information content (AvgIpc) is 2.40. The van der Waals surface area contributed by atoms with Crippen molar-refractivity contribution in [2.24, 2.45) is 0 Å². The summed E-state index contributed by atoms with van der Waals surface area (Å²) in [6.45, 7) is 3.11. The second-order valence-corrected chi connectivity index (χ2v) is 3.38. The van der Waals surface area contributed by atoms with Crippen LogP contribution in [0.4, 0.5) is 13.2 Å². The van der Waals surface area contributed by atoms with Gasteiger partial charge in [-0.05, 0) is 12.1 Å². The molecule has 1 aliphatic rings. The summed E-state index contributed by atoms with van der Waals surface area (Å²) in [4.78, 5) is 0. The van der Waals surface area contributed by atoms with Gasteiger partial charge in [0.2, 0.25) is 0 Å². The minimum Gasteiger partial charge on any atom is -0.377 e. The molecule has 0 atom stereocenters. The lowest BCUT2D eigenvalue weighted by Gasteiger charge is -2.09. The van der Waals surface area contributed by atoms with Gasteiger partial charge in [-0.3, -0.25) is 0 Å². The molecule has 0 aromatic heterocycles. The van der Waals surface area contributed by atoms with E-state index < -0.39 is 11.7 Å². The van der Waals surface area contributed by atoms with Gasteiger partial charge in [0.25, 0.3) is 0 Å². The van der Waals surface area contributed by atoms with Crippen molar-refractivity contribution in [3.8, 4) is 6.07 Å². The number of halogens is 3. The topological polar surface area (TPSA) is 42.2 Å². The highest BCUT2D eigenvalue weighted by Crippen LogP contribution is 2.31. The second-order valence-electron chi connectivity index (χ2n) is 3.38. The number of hydrogen-bond acceptors (Lipinski definition) is 3. The Morgan fingerprint density at radius 1 is 1.00 bits per heavy atom. The quantitative estimate of drug-likeness (QED) is 0.719. The zero-order valence-electron chi connectivity index (χ0n) is 9.54. The summed E-state index contributed by atoms with van der Waals surface area (Å²) >= 11 is 0. The van der Waals surface area contributed by atoms with E-state index in [9.17, 15) is 13.2 Å². The van der Waals surface area contributed by atoms with Crippen molar-refractivity contribution in [1.29, 1.82) is 5.26 Å². The number of alkyl halides is 3. The maximum absolute atomic E-state index is 12.1. The maximum Gasteiger partial charge on any atom is 0.417 e. The Labute approximate surface area is 103 Å². The molecular weight excluding hydrogens is 247 g/mol. The van der Waals surface area contributed by atoms with Crippen molar-refractivity contribution < 1.29 is 22.6 Å². The molecule has 1 fully saturated rings. The van der Waals surface area contributed by atoms with Crippen molar-refractivity contribution >= 4 is 0 Å². The summed E-state index contributed by atoms with van der Waals surface area (Å²) in [5.74, 6) is 0. The van der Waals surface area contributed by atoms with Gasteiger partial charge >= 0.3 is 6.18 Å². The van der Waals surface area contributed by atoms with Crippen molar-refractivity contribution in [3.63, 3.8) is 0 Å². The van der Waals surface area contributed by atoms with Gasteiger partial charge < -0.3 is 9.47 Å². The van der Waals surface area contributed by atoms with Gasteiger partial charge in [-0.2, -0.15) is 18.4 Å². The van der Waals surface area contributed by atoms with Crippen molar-refractivity contribution in [1.82, 2.24) is 0 Å². The minimum absolute atomic E-state index is 0.343. The van der Waals surface area contributed by atoms with E-state index in [1.807, 2.05) is 0 Å². The lowest BCUT2D eigenvalue weighted by atomic mass is 10.1. The number of ether oxygens (including phenoxy) is 2. The number of rotatable bonds is 0. The van der Waals surface area contributed by atoms with Gasteiger partial charge in [0.05, 0.1) is 43.6 Å². The minimum atomic E-state index is -4.44. The predicted octanol–water partition coefficient (Wildman–Crippen LogP) is 2.61. The fourth-order valence-electron chi connectivity index (χ4n) is 1.27. The zero-order chi connectivity index (χ0) is 13.4. The Morgan fingerprint density at radius 2 is 1.50 bits per heavy atom. The highest BCUT2D eigenvalue weighted by atomic mass is 19.4. The van der Waals surface area contributed by atoms with Crippen LogP contribution >= 0.6 is 0 Å². The van der Waals surface area contributed by atoms with E-state index >= 15 is 0 Å². The van der Waals surface area contributed by atoms with E-state index in [1.54, 1.807) is 0 Å². The molecule has 1 saturated heterocycles. The summed E-state index contributed by atoms with van der Waals surface area (Å²) in [5.41, 5.74) is -1.22. The predicted molar refractivity (Wildman–Crippen MR) is 57.8 cm³/mol. The highest BCUT2D eigenvalue weighted by Gasteiger charge is 2.32. The van der Waals surface area contributed by atoms with E-state index in [0.717, 1.165) is 38.6 Å². The molecule has 1 aromatic rings. The first-order valence-corrected chi connectivity index (χ1v) is 5.27. The van der Waals surface area contributed by atoms with E-state index in [0.29, 0.717) is 0 Å². The third-order valence-electron chi connectivity index (χ3n) is 2.10. The number of hydrogen-bond donors (Lipinski definition) is 0. The second kappa shape index (κ2) is 6.99. The summed E-state index contributed by atoms with van der Waals surface area (Å²) < 4.78 is 46.1. The molecule has 1 heterocycles. The van der Waals surface area contributed by atoms with Gasteiger partial charge in [0.15, 0.2) is 0 Å². The van der Waals surface area contributed by atoms with Crippen molar-refractivity contribution in [3.05, 3.63) is 35.4 Å². The smallest absolute Gasteiger partial charge is 0.377 e. The first-order valence-electron chi connectivity index (χ1n) is 5.27. The molecule has 0 aliphatic carbocycles. The van der Waals surface area contributed by atoms with Crippen LogP contribution in [-0.2, 0) is 15.7 Å². The van der Waals surface area contributed by atoms with Crippen LogP contribution in [-0.4, -0.2) is 26.4 Å². The van der Waals surface area contributed by atoms with Crippen molar-refractivity contribution in [2.75, 3.05) is 26.4 Å². The average molecular weight is 259 g/mol. The van der Waals surface area contributed by atoms with Crippen LogP contribution in [0.1, 0.15) is 11.1 Å². The fourth-order valence-corrected chi connectivity index (χ4v) is 1.27. The van der Waals surface area contributed by atoms with Crippen LogP contribution in [0.3, 0.4) is 0 Å². The lowest BCUT2D eigenvalue weighted by Crippen LogP contribution is -2.16. The first kappa shape index (κ1) is 14.5. The first-order chi connectivity index (χ1) is 8.55. The van der Waals surface area contributed by atoms with Gasteiger partial charge in [0.1, 0.15) is 0 Å². The number of nitriles is 1. The molecule has 3 nitrogen and oxygen atoms in total. The molecule has 0 radical (unpaired) electrons. The molecule has 0 spiro atoms. The summed E-state index contributed by atoms with van der Waals surface area (Å²) in [5, 5.41) is 8.33. The molecule has 1 aliphatic heterocycles. The van der Waals surface area contributed by atoms with E-state index in [1.165, 1.54) is 18.2 Å². The Kier molecular flexibility index (Phi) is 5.62. The number of nitrogens with zero attached hydrogens (tertiary/aromatic N) is 1. The normalized spacial score (nSPS) is 15.2. The third-order valence-corrected chi connectivity index (χ3v) is 2.10. The molecule has 0 bridgehead atoms. The van der Waals surface area contributed by atoms with Gasteiger partial charge in [0, 0.05) is 0 Å². The van der Waals surface area contributed by atoms with Crippen molar-refractivity contribution in [2.45, 2.75) is 6.18 Å². The van der Waals surface area contributed by atoms with Crippen LogP contribution in [0.2, 0.25) is 0 Å². The summed E-state index contributed by atoms with van der Waals surface area (Å²) in [6.07, 6.45) is -4.44. The monoisotopic (exact) mass is 259 g/mol. The molecule has 18 heavy (non-hydrogen) atoms. The van der Waals surface area contributed by atoms with Crippen LogP contribution in [0, 0.1) is 11.3 Å². The van der Waals surface area contributed by atoms with Crippen LogP contribution in [0.5, 0.6) is 0 Å². The summed E-state index contributed by atoms with van der Waals surface area (Å²) in [6, 6.07) is 6.16. The van der Waals surface area contributed by atoms with Gasteiger partial charge in [-0.25, -0.2) is 0 Å². The van der Waals surface area contributed by atoms with Crippen LogP contribution < -0.4 is 0 Å². The Hall–Kier alpha value is -1.58. The Bertz CT molecular complexity index is 397. The molecule has 0 amide bonds. The van der Waals surface area contributed by atoms with Gasteiger partial charge in [-0.15, -0.1) is 0 Å².